The Balaban J connectivity index is 2.46. The van der Waals surface area contributed by atoms with Gasteiger partial charge in [0.1, 0.15) is 5.60 Å². The average Bonchev–Trinajstić information content (AvgIpc) is 2.28. The molecule has 0 heterocycles. The third kappa shape index (κ3) is 5.06. The maximum absolute atomic E-state index is 11.6. The number of alkyl carbamates (subject to hydrolysis) is 1. The van der Waals surface area contributed by atoms with Gasteiger partial charge in [-0.3, -0.25) is 4.79 Å². The lowest BCUT2D eigenvalue weighted by atomic mass is 9.84. The first-order valence-corrected chi connectivity index (χ1v) is 6.48. The van der Waals surface area contributed by atoms with Crippen LogP contribution in [0, 0.1) is 5.92 Å². The topological polar surface area (TPSA) is 84.9 Å². The molecule has 0 radical (unpaired) electrons. The summed E-state index contributed by atoms with van der Waals surface area (Å²) in [5.41, 5.74) is -0.571. The van der Waals surface area contributed by atoms with Crippen LogP contribution in [0.4, 0.5) is 4.79 Å². The van der Waals surface area contributed by atoms with Crippen molar-refractivity contribution in [3.63, 3.8) is 0 Å². The normalized spacial score (nSPS) is 27.5. The number of aliphatic hydroxyl groups excluding tert-OH is 1. The van der Waals surface area contributed by atoms with Crippen molar-refractivity contribution >= 4 is 12.1 Å². The Bertz CT molecular complexity index is 336. The van der Waals surface area contributed by atoms with E-state index < -0.39 is 17.8 Å². The summed E-state index contributed by atoms with van der Waals surface area (Å²) in [6.07, 6.45) is 0.107. The van der Waals surface area contributed by atoms with Gasteiger partial charge >= 0.3 is 12.1 Å². The zero-order chi connectivity index (χ0) is 14.6. The number of hydrogen-bond donors (Lipinski definition) is 2. The van der Waals surface area contributed by atoms with Crippen LogP contribution in [0.25, 0.3) is 0 Å². The second-order valence-corrected chi connectivity index (χ2v) is 5.85. The second kappa shape index (κ2) is 6.23. The summed E-state index contributed by atoms with van der Waals surface area (Å²) in [5.74, 6) is -0.605. The van der Waals surface area contributed by atoms with Crippen molar-refractivity contribution in [1.29, 1.82) is 0 Å². The number of carbonyl (C=O) groups excluding carboxylic acids is 2. The van der Waals surface area contributed by atoms with E-state index in [0.717, 1.165) is 0 Å². The molecule has 1 aliphatic rings. The van der Waals surface area contributed by atoms with Crippen molar-refractivity contribution in [2.75, 3.05) is 7.11 Å². The first-order chi connectivity index (χ1) is 8.73. The van der Waals surface area contributed by atoms with Crippen molar-refractivity contribution in [2.24, 2.45) is 5.92 Å². The van der Waals surface area contributed by atoms with Gasteiger partial charge in [0.2, 0.25) is 0 Å². The lowest BCUT2D eigenvalue weighted by Gasteiger charge is -2.32. The highest BCUT2D eigenvalue weighted by molar-refractivity contribution is 5.72. The number of rotatable bonds is 2. The molecular weight excluding hydrogens is 250 g/mol. The molecule has 6 heteroatoms. The fraction of sp³-hybridized carbons (Fsp3) is 0.846. The molecule has 1 amide bonds. The van der Waals surface area contributed by atoms with Crippen LogP contribution >= 0.6 is 0 Å². The van der Waals surface area contributed by atoms with Crippen molar-refractivity contribution in [1.82, 2.24) is 5.32 Å². The molecule has 0 spiro atoms. The summed E-state index contributed by atoms with van der Waals surface area (Å²) in [5, 5.41) is 12.6. The lowest BCUT2D eigenvalue weighted by molar-refractivity contribution is -0.148. The standard InChI is InChI=1S/C13H23NO5/c1-13(2,3)19-12(17)14-9-6-5-8(7-10(9)15)11(16)18-4/h8-10,15H,5-7H2,1-4H3,(H,14,17)/t8-,9+,10+/m0/s1. The van der Waals surface area contributed by atoms with Crippen LogP contribution in [0.2, 0.25) is 0 Å². The minimum Gasteiger partial charge on any atom is -0.469 e. The van der Waals surface area contributed by atoms with Gasteiger partial charge in [0.05, 0.1) is 25.2 Å². The van der Waals surface area contributed by atoms with Crippen molar-refractivity contribution < 1.29 is 24.2 Å². The summed E-state index contributed by atoms with van der Waals surface area (Å²) in [6, 6.07) is -0.379. The number of aliphatic hydroxyl groups is 1. The van der Waals surface area contributed by atoms with Crippen LogP contribution in [0.3, 0.4) is 0 Å². The van der Waals surface area contributed by atoms with Crippen molar-refractivity contribution in [3.05, 3.63) is 0 Å². The molecule has 1 saturated carbocycles. The minimum absolute atomic E-state index is 0.295. The maximum Gasteiger partial charge on any atom is 0.407 e. The van der Waals surface area contributed by atoms with Crippen LogP contribution in [0.1, 0.15) is 40.0 Å². The highest BCUT2D eigenvalue weighted by Gasteiger charge is 2.34. The number of ether oxygens (including phenoxy) is 2. The van der Waals surface area contributed by atoms with E-state index >= 15 is 0 Å². The molecule has 0 bridgehead atoms. The van der Waals surface area contributed by atoms with Gasteiger partial charge in [-0.1, -0.05) is 0 Å². The van der Waals surface area contributed by atoms with Gasteiger partial charge in [0, 0.05) is 0 Å². The van der Waals surface area contributed by atoms with Gasteiger partial charge in [0.25, 0.3) is 0 Å². The quantitative estimate of drug-likeness (QED) is 0.739. The Morgan fingerprint density at radius 1 is 1.26 bits per heavy atom. The van der Waals surface area contributed by atoms with Gasteiger partial charge in [-0.15, -0.1) is 0 Å². The van der Waals surface area contributed by atoms with E-state index in [4.69, 9.17) is 4.74 Å². The maximum atomic E-state index is 11.6. The Hall–Kier alpha value is -1.30. The number of nitrogens with one attached hydrogen (secondary N) is 1. The van der Waals surface area contributed by atoms with Crippen LogP contribution in [-0.2, 0) is 14.3 Å². The highest BCUT2D eigenvalue weighted by atomic mass is 16.6. The largest absolute Gasteiger partial charge is 0.469 e. The first kappa shape index (κ1) is 15.8. The number of methoxy groups -OCH3 is 1. The number of hydrogen-bond acceptors (Lipinski definition) is 5. The molecule has 0 aromatic carbocycles. The SMILES string of the molecule is COC(=O)[C@H]1CC[C@@H](NC(=O)OC(C)(C)C)[C@H](O)C1. The second-order valence-electron chi connectivity index (χ2n) is 5.85. The van der Waals surface area contributed by atoms with Crippen molar-refractivity contribution in [2.45, 2.75) is 57.8 Å². The predicted molar refractivity (Wildman–Crippen MR) is 68.5 cm³/mol. The van der Waals surface area contributed by atoms with Crippen molar-refractivity contribution in [3.8, 4) is 0 Å². The summed E-state index contributed by atoms with van der Waals surface area (Å²) in [4.78, 5) is 23.0. The fourth-order valence-corrected chi connectivity index (χ4v) is 2.15. The van der Waals surface area contributed by atoms with Crippen LogP contribution < -0.4 is 5.32 Å². The van der Waals surface area contributed by atoms with Gasteiger partial charge in [-0.2, -0.15) is 0 Å². The van der Waals surface area contributed by atoms with E-state index in [-0.39, 0.29) is 17.9 Å². The van der Waals surface area contributed by atoms with E-state index in [9.17, 15) is 14.7 Å². The van der Waals surface area contributed by atoms with Gasteiger partial charge in [0.15, 0.2) is 0 Å². The van der Waals surface area contributed by atoms with E-state index in [2.05, 4.69) is 10.1 Å². The molecular formula is C13H23NO5. The van der Waals surface area contributed by atoms with E-state index in [1.807, 2.05) is 0 Å². The molecule has 1 rings (SSSR count). The molecule has 3 atom stereocenters. The Morgan fingerprint density at radius 2 is 1.89 bits per heavy atom. The lowest BCUT2D eigenvalue weighted by Crippen LogP contribution is -2.49. The molecule has 110 valence electrons. The van der Waals surface area contributed by atoms with E-state index in [0.29, 0.717) is 19.3 Å². The molecule has 0 unspecified atom stereocenters. The Labute approximate surface area is 113 Å². The molecule has 0 aliphatic heterocycles. The number of amides is 1. The summed E-state index contributed by atoms with van der Waals surface area (Å²) >= 11 is 0. The van der Waals surface area contributed by atoms with Crippen LogP contribution in [-0.4, -0.2) is 42.0 Å². The monoisotopic (exact) mass is 273 g/mol. The average molecular weight is 273 g/mol. The van der Waals surface area contributed by atoms with Crippen LogP contribution in [0.15, 0.2) is 0 Å². The zero-order valence-corrected chi connectivity index (χ0v) is 11.9. The third-order valence-corrected chi connectivity index (χ3v) is 3.05. The predicted octanol–water partition coefficient (Wildman–Crippen LogP) is 1.21. The summed E-state index contributed by atoms with van der Waals surface area (Å²) in [7, 11) is 1.33. The minimum atomic E-state index is -0.759. The van der Waals surface area contributed by atoms with Gasteiger partial charge in [-0.05, 0) is 40.0 Å². The first-order valence-electron chi connectivity index (χ1n) is 6.48. The fourth-order valence-electron chi connectivity index (χ4n) is 2.15. The molecule has 6 nitrogen and oxygen atoms in total. The molecule has 0 aromatic heterocycles. The molecule has 19 heavy (non-hydrogen) atoms. The highest BCUT2D eigenvalue weighted by Crippen LogP contribution is 2.26. The molecule has 2 N–H and O–H groups in total. The summed E-state index contributed by atoms with van der Waals surface area (Å²) < 4.78 is 9.79. The summed E-state index contributed by atoms with van der Waals surface area (Å²) in [6.45, 7) is 5.32. The smallest absolute Gasteiger partial charge is 0.407 e. The zero-order valence-electron chi connectivity index (χ0n) is 11.9. The van der Waals surface area contributed by atoms with E-state index in [1.165, 1.54) is 7.11 Å². The molecule has 1 aliphatic carbocycles. The van der Waals surface area contributed by atoms with Crippen LogP contribution in [0.5, 0.6) is 0 Å². The van der Waals surface area contributed by atoms with Gasteiger partial charge < -0.3 is 19.9 Å². The van der Waals surface area contributed by atoms with E-state index in [1.54, 1.807) is 20.8 Å². The Morgan fingerprint density at radius 3 is 2.37 bits per heavy atom. The molecule has 0 aromatic rings. The third-order valence-electron chi connectivity index (χ3n) is 3.05. The van der Waals surface area contributed by atoms with Gasteiger partial charge in [-0.25, -0.2) is 4.79 Å². The molecule has 0 saturated heterocycles. The number of carbonyl (C=O) groups is 2. The Kier molecular flexibility index (Phi) is 5.17. The number of esters is 1. The molecule has 1 fully saturated rings.